The normalized spacial score (nSPS) is 21.1. The predicted octanol–water partition coefficient (Wildman–Crippen LogP) is 5.52. The van der Waals surface area contributed by atoms with E-state index in [0.717, 1.165) is 19.8 Å². The first-order valence-corrected chi connectivity index (χ1v) is 10.5. The minimum Gasteiger partial charge on any atom is -0.379 e. The van der Waals surface area contributed by atoms with Gasteiger partial charge in [-0.25, -0.2) is 0 Å². The number of allylic oxidation sites excluding steroid dienone is 3. The van der Waals surface area contributed by atoms with Crippen molar-refractivity contribution < 1.29 is 4.74 Å². The highest BCUT2D eigenvalue weighted by molar-refractivity contribution is 8.00. The van der Waals surface area contributed by atoms with E-state index in [-0.39, 0.29) is 12.4 Å². The van der Waals surface area contributed by atoms with Gasteiger partial charge in [0.25, 0.3) is 0 Å². The monoisotopic (exact) mass is 405 g/mol. The van der Waals surface area contributed by atoms with Crippen LogP contribution in [0, 0.1) is 0 Å². The van der Waals surface area contributed by atoms with Gasteiger partial charge in [-0.05, 0) is 47.8 Å². The summed E-state index contributed by atoms with van der Waals surface area (Å²) >= 11 is 3.85. The lowest BCUT2D eigenvalue weighted by atomic mass is 10.0. The summed E-state index contributed by atoms with van der Waals surface area (Å²) in [4.78, 5) is 3.56. The minimum absolute atomic E-state index is 0. The number of hydrogen-bond acceptors (Lipinski definition) is 4. The zero-order chi connectivity index (χ0) is 17.2. The van der Waals surface area contributed by atoms with Gasteiger partial charge in [-0.15, -0.1) is 35.5 Å². The van der Waals surface area contributed by atoms with Crippen LogP contribution in [-0.4, -0.2) is 44.0 Å². The first kappa shape index (κ1) is 19.7. The van der Waals surface area contributed by atoms with Crippen molar-refractivity contribution in [3.8, 4) is 10.4 Å². The van der Waals surface area contributed by atoms with Gasteiger partial charge in [0.05, 0.1) is 18.5 Å². The van der Waals surface area contributed by atoms with Crippen LogP contribution in [0.1, 0.15) is 16.4 Å². The molecule has 2 aliphatic carbocycles. The Labute approximate surface area is 170 Å². The average molecular weight is 406 g/mol. The van der Waals surface area contributed by atoms with Crippen LogP contribution in [0.3, 0.4) is 0 Å². The largest absolute Gasteiger partial charge is 0.379 e. The molecule has 0 aromatic carbocycles. The van der Waals surface area contributed by atoms with Crippen molar-refractivity contribution in [3.63, 3.8) is 0 Å². The molecule has 0 saturated heterocycles. The van der Waals surface area contributed by atoms with Crippen molar-refractivity contribution in [2.75, 3.05) is 33.9 Å². The lowest BCUT2D eigenvalue weighted by Gasteiger charge is -2.26. The number of fused-ring (bicyclic) bond motifs is 5. The molecule has 4 rings (SSSR count). The number of halogens is 1. The van der Waals surface area contributed by atoms with E-state index in [1.807, 2.05) is 23.1 Å². The highest BCUT2D eigenvalue weighted by atomic mass is 35.5. The summed E-state index contributed by atoms with van der Waals surface area (Å²) in [7, 11) is 4.16. The summed E-state index contributed by atoms with van der Waals surface area (Å²) in [6.45, 7) is 2.55. The van der Waals surface area contributed by atoms with Gasteiger partial charge < -0.3 is 9.64 Å². The summed E-state index contributed by atoms with van der Waals surface area (Å²) in [5, 5.41) is 2.99. The molecule has 0 aromatic rings. The first-order chi connectivity index (χ1) is 12.2. The fraction of sp³-hybridized carbons (Fsp3) is 0.333. The van der Waals surface area contributed by atoms with Gasteiger partial charge in [-0.2, -0.15) is 0 Å². The smallest absolute Gasteiger partial charge is 0.0621 e. The van der Waals surface area contributed by atoms with Gasteiger partial charge in [0.15, 0.2) is 0 Å². The van der Waals surface area contributed by atoms with E-state index >= 15 is 0 Å². The zero-order valence-electron chi connectivity index (χ0n) is 15.1. The topological polar surface area (TPSA) is 12.5 Å². The Kier molecular flexibility index (Phi) is 6.65. The van der Waals surface area contributed by atoms with Crippen molar-refractivity contribution in [1.29, 1.82) is 0 Å². The molecule has 2 heterocycles. The molecule has 0 N–H and O–H groups in total. The standard InChI is InChI=1S/C21H23NOS2.ClH/c1-22(2)10-11-23-14-17-9-8-15-5-3-7-18-19(21(15)25-17)13-16-6-4-12-24-20(16)18;/h3-9,12-13,17,21H,10-11,14H2,1-2H3;1H. The molecular formula is C21H24ClNOS2. The van der Waals surface area contributed by atoms with Crippen molar-refractivity contribution in [1.82, 2.24) is 4.90 Å². The quantitative estimate of drug-likeness (QED) is 0.608. The molecule has 0 fully saturated rings. The molecule has 0 spiro atoms. The molecule has 26 heavy (non-hydrogen) atoms. The second-order valence-corrected chi connectivity index (χ2v) is 8.99. The number of thioether (sulfide) groups is 1. The molecule has 0 bridgehead atoms. The third kappa shape index (κ3) is 4.10. The Morgan fingerprint density at radius 2 is 2.12 bits per heavy atom. The maximum absolute atomic E-state index is 5.90. The minimum atomic E-state index is 0. The number of ether oxygens (including phenoxy) is 1. The molecule has 2 aliphatic heterocycles. The SMILES string of the molecule is CN(C)CCOCC1C=CC2=CC=Cc3c(cc4cccsc3-4)C2S1.Cl. The number of hydrogen-bond donors (Lipinski definition) is 0. The summed E-state index contributed by atoms with van der Waals surface area (Å²) in [5.74, 6) is 0. The Morgan fingerprint density at radius 1 is 1.23 bits per heavy atom. The van der Waals surface area contributed by atoms with Gasteiger partial charge in [-0.3, -0.25) is 0 Å². The summed E-state index contributed by atoms with van der Waals surface area (Å²) in [6, 6.07) is 6.75. The van der Waals surface area contributed by atoms with Crippen molar-refractivity contribution in [2.24, 2.45) is 0 Å². The van der Waals surface area contributed by atoms with E-state index in [0.29, 0.717) is 10.5 Å². The van der Waals surface area contributed by atoms with Crippen LogP contribution in [-0.2, 0) is 4.74 Å². The molecule has 5 heteroatoms. The zero-order valence-corrected chi connectivity index (χ0v) is 17.5. The lowest BCUT2D eigenvalue weighted by Crippen LogP contribution is -2.21. The van der Waals surface area contributed by atoms with Gasteiger partial charge in [-0.1, -0.05) is 42.5 Å². The van der Waals surface area contributed by atoms with Crippen molar-refractivity contribution >= 4 is 41.6 Å². The van der Waals surface area contributed by atoms with Crippen molar-refractivity contribution in [2.45, 2.75) is 10.5 Å². The molecule has 4 aliphatic rings. The van der Waals surface area contributed by atoms with E-state index in [4.69, 9.17) is 4.74 Å². The summed E-state index contributed by atoms with van der Waals surface area (Å²) in [5.41, 5.74) is 5.60. The fourth-order valence-corrected chi connectivity index (χ4v) is 5.51. The molecule has 0 aromatic heterocycles. The second-order valence-electron chi connectivity index (χ2n) is 6.73. The molecule has 138 valence electrons. The van der Waals surface area contributed by atoms with Crippen LogP contribution in [0.4, 0.5) is 0 Å². The fourth-order valence-electron chi connectivity index (χ4n) is 3.29. The van der Waals surface area contributed by atoms with Crippen LogP contribution in [0.15, 0.2) is 53.5 Å². The highest BCUT2D eigenvalue weighted by Crippen LogP contribution is 2.50. The molecule has 0 saturated carbocycles. The number of rotatable bonds is 5. The van der Waals surface area contributed by atoms with Gasteiger partial charge in [0, 0.05) is 16.7 Å². The van der Waals surface area contributed by atoms with Gasteiger partial charge in [0.1, 0.15) is 0 Å². The third-order valence-corrected chi connectivity index (χ3v) is 7.01. The maximum Gasteiger partial charge on any atom is 0.0621 e. The summed E-state index contributed by atoms with van der Waals surface area (Å²) in [6.07, 6.45) is 11.3. The Morgan fingerprint density at radius 3 is 2.96 bits per heavy atom. The predicted molar refractivity (Wildman–Crippen MR) is 118 cm³/mol. The molecule has 2 unspecified atom stereocenters. The van der Waals surface area contributed by atoms with Crippen LogP contribution in [0.25, 0.3) is 16.5 Å². The van der Waals surface area contributed by atoms with E-state index in [1.54, 1.807) is 0 Å². The van der Waals surface area contributed by atoms with Crippen LogP contribution in [0.2, 0.25) is 0 Å². The number of likely N-dealkylation sites (N-methyl/N-ethyl adjacent to an activating group) is 1. The maximum atomic E-state index is 5.90. The summed E-state index contributed by atoms with van der Waals surface area (Å²) < 4.78 is 5.90. The Balaban J connectivity index is 0.00000196. The van der Waals surface area contributed by atoms with Gasteiger partial charge in [0.2, 0.25) is 0 Å². The first-order valence-electron chi connectivity index (χ1n) is 8.67. The lowest BCUT2D eigenvalue weighted by molar-refractivity contribution is 0.124. The van der Waals surface area contributed by atoms with E-state index < -0.39 is 0 Å². The van der Waals surface area contributed by atoms with Crippen LogP contribution < -0.4 is 0 Å². The molecule has 2 atom stereocenters. The molecule has 0 amide bonds. The van der Waals surface area contributed by atoms with Gasteiger partial charge >= 0.3 is 0 Å². The Bertz CT molecular complexity index is 808. The van der Waals surface area contributed by atoms with E-state index in [1.165, 1.54) is 27.1 Å². The van der Waals surface area contributed by atoms with E-state index in [9.17, 15) is 0 Å². The molecular weight excluding hydrogens is 382 g/mol. The Hall–Kier alpha value is -1.04. The number of nitrogens with zero attached hydrogens (tertiary/aromatic N) is 1. The van der Waals surface area contributed by atoms with E-state index in [2.05, 4.69) is 73.0 Å². The average Bonchev–Trinajstić information content (AvgIpc) is 2.88. The van der Waals surface area contributed by atoms with Crippen molar-refractivity contribution in [3.05, 3.63) is 64.6 Å². The third-order valence-electron chi connectivity index (χ3n) is 4.59. The molecule has 0 radical (unpaired) electrons. The van der Waals surface area contributed by atoms with Crippen LogP contribution >= 0.6 is 35.5 Å². The molecule has 2 nitrogen and oxygen atoms in total. The highest BCUT2D eigenvalue weighted by Gasteiger charge is 2.29. The second kappa shape index (κ2) is 8.77. The van der Waals surface area contributed by atoms with Crippen LogP contribution in [0.5, 0.6) is 0 Å².